The molecule has 3 aromatic rings. The number of nitrogens with two attached hydrogens (primary N) is 1. The van der Waals surface area contributed by atoms with Crippen LogP contribution in [0.5, 0.6) is 17.8 Å². The summed E-state index contributed by atoms with van der Waals surface area (Å²) in [5.41, 5.74) is 9.46. The number of aromatic hydroxyl groups is 1. The van der Waals surface area contributed by atoms with Gasteiger partial charge in [-0.3, -0.25) is 4.57 Å². The van der Waals surface area contributed by atoms with Crippen LogP contribution < -0.4 is 25.4 Å². The predicted molar refractivity (Wildman–Crippen MR) is 140 cm³/mol. The first-order valence-electron chi connectivity index (χ1n) is 13.0. The Kier molecular flexibility index (Phi) is 7.04. The highest BCUT2D eigenvalue weighted by molar-refractivity contribution is 5.83. The van der Waals surface area contributed by atoms with Crippen molar-refractivity contribution in [2.24, 2.45) is 5.41 Å². The van der Waals surface area contributed by atoms with Crippen molar-refractivity contribution in [1.29, 1.82) is 0 Å². The van der Waals surface area contributed by atoms with Crippen LogP contribution in [0.1, 0.15) is 51.0 Å². The Hall–Kier alpha value is -3.27. The van der Waals surface area contributed by atoms with Crippen LogP contribution in [0, 0.1) is 5.41 Å². The maximum absolute atomic E-state index is 10.6. The molecule has 0 aliphatic carbocycles. The van der Waals surface area contributed by atoms with Crippen molar-refractivity contribution in [1.82, 2.24) is 24.8 Å². The molecule has 1 aromatic carbocycles. The zero-order chi connectivity index (χ0) is 25.1. The van der Waals surface area contributed by atoms with Gasteiger partial charge in [0.1, 0.15) is 5.75 Å². The average molecular weight is 496 g/mol. The normalized spacial score (nSPS) is 17.6. The van der Waals surface area contributed by atoms with Gasteiger partial charge in [0.15, 0.2) is 17.0 Å². The summed E-state index contributed by atoms with van der Waals surface area (Å²) in [6.45, 7) is 7.32. The number of ether oxygens (including phenoxy) is 2. The lowest BCUT2D eigenvalue weighted by molar-refractivity contribution is 0.155. The van der Waals surface area contributed by atoms with Crippen molar-refractivity contribution in [2.75, 3.05) is 50.5 Å². The Morgan fingerprint density at radius 1 is 1.11 bits per heavy atom. The van der Waals surface area contributed by atoms with Crippen molar-refractivity contribution < 1.29 is 14.6 Å². The third-order valence-electron chi connectivity index (χ3n) is 7.76. The van der Waals surface area contributed by atoms with Gasteiger partial charge in [-0.1, -0.05) is 19.4 Å². The molecule has 0 saturated carbocycles. The Morgan fingerprint density at radius 2 is 1.89 bits per heavy atom. The van der Waals surface area contributed by atoms with Gasteiger partial charge < -0.3 is 30.5 Å². The molecule has 0 bridgehead atoms. The number of nitrogen functional groups attached to an aromatic ring is 1. The number of piperidine rings is 2. The minimum absolute atomic E-state index is 0.175. The fourth-order valence-corrected chi connectivity index (χ4v) is 5.43. The second kappa shape index (κ2) is 10.4. The third kappa shape index (κ3) is 4.86. The van der Waals surface area contributed by atoms with Crippen LogP contribution in [0.2, 0.25) is 0 Å². The summed E-state index contributed by atoms with van der Waals surface area (Å²) in [5, 5.41) is 14.1. The van der Waals surface area contributed by atoms with Gasteiger partial charge in [-0.15, -0.1) is 0 Å². The zero-order valence-electron chi connectivity index (χ0n) is 21.3. The van der Waals surface area contributed by atoms with Gasteiger partial charge in [0, 0.05) is 30.4 Å². The average Bonchev–Trinajstić information content (AvgIpc) is 3.21. The monoisotopic (exact) mass is 495 g/mol. The van der Waals surface area contributed by atoms with Crippen LogP contribution >= 0.6 is 0 Å². The van der Waals surface area contributed by atoms with E-state index in [2.05, 4.69) is 50.3 Å². The number of unbranched alkanes of at least 4 members (excludes halogenated alkanes) is 1. The molecule has 0 atom stereocenters. The molecule has 2 aliphatic heterocycles. The number of methoxy groups -OCH3 is 1. The number of benzene rings is 1. The molecule has 2 aliphatic rings. The summed E-state index contributed by atoms with van der Waals surface area (Å²) in [4.78, 5) is 15.3. The van der Waals surface area contributed by atoms with Gasteiger partial charge in [-0.25, -0.2) is 0 Å². The zero-order valence-corrected chi connectivity index (χ0v) is 21.3. The van der Waals surface area contributed by atoms with E-state index < -0.39 is 0 Å². The van der Waals surface area contributed by atoms with Gasteiger partial charge >= 0.3 is 6.01 Å². The van der Waals surface area contributed by atoms with Crippen LogP contribution in [0.15, 0.2) is 18.2 Å². The second-order valence-electron chi connectivity index (χ2n) is 10.00. The second-order valence-corrected chi connectivity index (χ2v) is 10.00. The highest BCUT2D eigenvalue weighted by atomic mass is 16.5. The van der Waals surface area contributed by atoms with Gasteiger partial charge in [0.2, 0.25) is 0 Å². The van der Waals surface area contributed by atoms with Crippen LogP contribution in [-0.4, -0.2) is 64.5 Å². The molecule has 2 aromatic heterocycles. The number of rotatable bonds is 8. The molecule has 2 fully saturated rings. The number of nitrogens with zero attached hydrogens (tertiary/aromatic N) is 5. The topological polar surface area (TPSA) is 124 Å². The van der Waals surface area contributed by atoms with E-state index in [0.717, 1.165) is 56.0 Å². The summed E-state index contributed by atoms with van der Waals surface area (Å²) in [7, 11) is 1.68. The number of hydrogen-bond acceptors (Lipinski definition) is 9. The van der Waals surface area contributed by atoms with E-state index >= 15 is 0 Å². The highest BCUT2D eigenvalue weighted by Crippen LogP contribution is 2.41. The molecule has 194 valence electrons. The van der Waals surface area contributed by atoms with Gasteiger partial charge in [0.25, 0.3) is 6.01 Å². The molecule has 0 unspecified atom stereocenters. The number of anilines is 2. The summed E-state index contributed by atoms with van der Waals surface area (Å²) >= 11 is 0. The van der Waals surface area contributed by atoms with Gasteiger partial charge in [-0.05, 0) is 56.7 Å². The molecule has 10 nitrogen and oxygen atoms in total. The number of imidazole rings is 1. The Labute approximate surface area is 211 Å². The number of aromatic nitrogens is 4. The summed E-state index contributed by atoms with van der Waals surface area (Å²) in [5.74, 6) is 0.942. The van der Waals surface area contributed by atoms with Crippen LogP contribution in [0.3, 0.4) is 0 Å². The third-order valence-corrected chi connectivity index (χ3v) is 7.76. The van der Waals surface area contributed by atoms with E-state index in [1.54, 1.807) is 11.7 Å². The lowest BCUT2D eigenvalue weighted by Crippen LogP contribution is -2.45. The van der Waals surface area contributed by atoms with E-state index in [1.807, 2.05) is 0 Å². The largest absolute Gasteiger partial charge is 0.496 e. The first-order chi connectivity index (χ1) is 17.5. The molecule has 4 N–H and O–H groups in total. The Morgan fingerprint density at radius 3 is 2.61 bits per heavy atom. The Balaban J connectivity index is 1.36. The maximum atomic E-state index is 10.6. The molecule has 5 rings (SSSR count). The van der Waals surface area contributed by atoms with E-state index in [4.69, 9.17) is 15.2 Å². The summed E-state index contributed by atoms with van der Waals surface area (Å²) in [6.07, 6.45) is 6.93. The lowest BCUT2D eigenvalue weighted by Gasteiger charge is -2.45. The van der Waals surface area contributed by atoms with E-state index in [1.165, 1.54) is 25.7 Å². The maximum Gasteiger partial charge on any atom is 0.320 e. The first-order valence-corrected chi connectivity index (χ1v) is 13.0. The van der Waals surface area contributed by atoms with Crippen LogP contribution in [-0.2, 0) is 6.54 Å². The first kappa shape index (κ1) is 24.4. The number of fused-ring (bicyclic) bond motifs is 1. The summed E-state index contributed by atoms with van der Waals surface area (Å²) < 4.78 is 13.0. The van der Waals surface area contributed by atoms with E-state index in [9.17, 15) is 5.11 Å². The number of hydrogen-bond donors (Lipinski definition) is 3. The quantitative estimate of drug-likeness (QED) is 0.404. The van der Waals surface area contributed by atoms with Gasteiger partial charge in [-0.2, -0.15) is 15.0 Å². The molecule has 4 heterocycles. The highest BCUT2D eigenvalue weighted by Gasteiger charge is 2.35. The molecule has 2 saturated heterocycles. The minimum Gasteiger partial charge on any atom is -0.496 e. The molecular formula is C26H37N7O3. The smallest absolute Gasteiger partial charge is 0.320 e. The predicted octanol–water partition coefficient (Wildman–Crippen LogP) is 3.32. The van der Waals surface area contributed by atoms with Crippen LogP contribution in [0.25, 0.3) is 11.2 Å². The molecule has 0 radical (unpaired) electrons. The van der Waals surface area contributed by atoms with E-state index in [0.29, 0.717) is 29.7 Å². The van der Waals surface area contributed by atoms with E-state index in [-0.39, 0.29) is 17.8 Å². The SMILES string of the molecule is CCCCOc1nc(N)c2nc(O)n(Cc3ccc(N4CCC5(CCNCC5)CC4)cc3OC)c2n1. The Bertz CT molecular complexity index is 1200. The van der Waals surface area contributed by atoms with Crippen molar-refractivity contribution in [3.05, 3.63) is 23.8 Å². The summed E-state index contributed by atoms with van der Waals surface area (Å²) in [6, 6.07) is 6.29. The fraction of sp³-hybridized carbons (Fsp3) is 0.577. The molecular weight excluding hydrogens is 458 g/mol. The fourth-order valence-electron chi connectivity index (χ4n) is 5.43. The standard InChI is InChI=1S/C26H37N7O3/c1-3-4-15-36-24-30-22(27)21-23(31-24)33(25(34)29-21)17-18-5-6-19(16-20(18)35-2)32-13-9-26(10-14-32)7-11-28-12-8-26/h5-6,16,28H,3-4,7-15,17H2,1-2H3,(H,29,34)(H2,27,30,31). The lowest BCUT2D eigenvalue weighted by atomic mass is 9.71. The van der Waals surface area contributed by atoms with Crippen molar-refractivity contribution in [3.8, 4) is 17.8 Å². The van der Waals surface area contributed by atoms with Crippen LogP contribution in [0.4, 0.5) is 11.5 Å². The molecule has 10 heteroatoms. The van der Waals surface area contributed by atoms with Gasteiger partial charge in [0.05, 0.1) is 20.3 Å². The number of nitrogens with one attached hydrogen (secondary N) is 1. The molecule has 0 amide bonds. The van der Waals surface area contributed by atoms with Crippen molar-refractivity contribution in [3.63, 3.8) is 0 Å². The molecule has 36 heavy (non-hydrogen) atoms. The minimum atomic E-state index is -0.175. The van der Waals surface area contributed by atoms with Crippen molar-refractivity contribution >= 4 is 22.7 Å². The molecule has 1 spiro atoms. The van der Waals surface area contributed by atoms with Crippen molar-refractivity contribution in [2.45, 2.75) is 52.0 Å².